The number of carbonyl (C=O) groups is 1. The number of benzene rings is 2. The molecule has 0 saturated heterocycles. The first-order valence-electron chi connectivity index (χ1n) is 6.69. The molecule has 21 heavy (non-hydrogen) atoms. The van der Waals surface area contributed by atoms with Gasteiger partial charge >= 0.3 is 6.03 Å². The topological polar surface area (TPSA) is 59.0 Å². The first-order chi connectivity index (χ1) is 10.1. The average molecular weight is 280 g/mol. The number of carbonyl (C=O) groups excluding carboxylic acids is 1. The van der Waals surface area contributed by atoms with Crippen LogP contribution < -0.4 is 10.6 Å². The molecular formula is C16H16N4O. The predicted octanol–water partition coefficient (Wildman–Crippen LogP) is 3.53. The summed E-state index contributed by atoms with van der Waals surface area (Å²) in [4.78, 5) is 12.1. The molecule has 0 spiro atoms. The van der Waals surface area contributed by atoms with Crippen molar-refractivity contribution in [1.82, 2.24) is 9.78 Å². The van der Waals surface area contributed by atoms with Gasteiger partial charge < -0.3 is 10.6 Å². The molecule has 1 heterocycles. The molecule has 0 atom stereocenters. The quantitative estimate of drug-likeness (QED) is 0.754. The van der Waals surface area contributed by atoms with E-state index in [0.717, 1.165) is 22.2 Å². The summed E-state index contributed by atoms with van der Waals surface area (Å²) in [6.07, 6.45) is 1.78. The summed E-state index contributed by atoms with van der Waals surface area (Å²) in [6, 6.07) is 13.5. The fraction of sp³-hybridized carbons (Fsp3) is 0.125. The van der Waals surface area contributed by atoms with Crippen LogP contribution in [0.25, 0.3) is 10.8 Å². The van der Waals surface area contributed by atoms with Crippen molar-refractivity contribution < 1.29 is 4.79 Å². The molecule has 0 radical (unpaired) electrons. The highest BCUT2D eigenvalue weighted by atomic mass is 16.2. The maximum Gasteiger partial charge on any atom is 0.323 e. The van der Waals surface area contributed by atoms with Crippen LogP contribution in [0.5, 0.6) is 0 Å². The highest BCUT2D eigenvalue weighted by molar-refractivity contribution is 6.06. The van der Waals surface area contributed by atoms with Crippen molar-refractivity contribution in [2.45, 2.75) is 6.92 Å². The van der Waals surface area contributed by atoms with Gasteiger partial charge in [0.25, 0.3) is 0 Å². The number of fused-ring (bicyclic) bond motifs is 1. The second-order valence-corrected chi connectivity index (χ2v) is 4.91. The van der Waals surface area contributed by atoms with Gasteiger partial charge in [0, 0.05) is 18.6 Å². The fourth-order valence-electron chi connectivity index (χ4n) is 2.33. The fourth-order valence-corrected chi connectivity index (χ4v) is 2.33. The van der Waals surface area contributed by atoms with E-state index in [-0.39, 0.29) is 6.03 Å². The molecule has 0 aliphatic rings. The van der Waals surface area contributed by atoms with E-state index < -0.39 is 0 Å². The molecule has 0 bridgehead atoms. The van der Waals surface area contributed by atoms with E-state index >= 15 is 0 Å². The van der Waals surface area contributed by atoms with Crippen LogP contribution in [0, 0.1) is 6.92 Å². The Labute approximate surface area is 122 Å². The van der Waals surface area contributed by atoms with E-state index in [1.165, 1.54) is 0 Å². The molecule has 106 valence electrons. The Morgan fingerprint density at radius 1 is 1.05 bits per heavy atom. The SMILES string of the molecule is Cc1nn(C)cc1NC(=O)Nc1cccc2ccccc12. The Hall–Kier alpha value is -2.82. The number of nitrogens with one attached hydrogen (secondary N) is 2. The Bertz CT molecular complexity index is 802. The lowest BCUT2D eigenvalue weighted by Crippen LogP contribution is -2.19. The van der Waals surface area contributed by atoms with Crippen LogP contribution in [-0.4, -0.2) is 15.8 Å². The molecule has 5 nitrogen and oxygen atoms in total. The largest absolute Gasteiger partial charge is 0.323 e. The van der Waals surface area contributed by atoms with Crippen LogP contribution in [0.15, 0.2) is 48.7 Å². The average Bonchev–Trinajstić information content (AvgIpc) is 2.77. The normalized spacial score (nSPS) is 10.6. The molecule has 1 aromatic heterocycles. The zero-order valence-corrected chi connectivity index (χ0v) is 11.9. The lowest BCUT2D eigenvalue weighted by molar-refractivity contribution is 0.262. The lowest BCUT2D eigenvalue weighted by atomic mass is 10.1. The van der Waals surface area contributed by atoms with Gasteiger partial charge in [0.1, 0.15) is 0 Å². The van der Waals surface area contributed by atoms with E-state index in [4.69, 9.17) is 0 Å². The minimum absolute atomic E-state index is 0.276. The van der Waals surface area contributed by atoms with Crippen molar-refractivity contribution in [2.75, 3.05) is 10.6 Å². The molecule has 5 heteroatoms. The van der Waals surface area contributed by atoms with Gasteiger partial charge in [-0.3, -0.25) is 4.68 Å². The van der Waals surface area contributed by atoms with Crippen molar-refractivity contribution in [2.24, 2.45) is 7.05 Å². The molecular weight excluding hydrogens is 264 g/mol. The Morgan fingerprint density at radius 3 is 2.52 bits per heavy atom. The number of rotatable bonds is 2. The molecule has 0 aliphatic carbocycles. The van der Waals surface area contributed by atoms with E-state index in [2.05, 4.69) is 15.7 Å². The summed E-state index contributed by atoms with van der Waals surface area (Å²) < 4.78 is 1.67. The van der Waals surface area contributed by atoms with Crippen LogP contribution in [0.2, 0.25) is 0 Å². The van der Waals surface area contributed by atoms with E-state index in [9.17, 15) is 4.79 Å². The first kappa shape index (κ1) is 13.2. The monoisotopic (exact) mass is 280 g/mol. The smallest absolute Gasteiger partial charge is 0.307 e. The Morgan fingerprint density at radius 2 is 1.76 bits per heavy atom. The standard InChI is InChI=1S/C16H16N4O/c1-11-15(10-20(2)19-11)18-16(21)17-14-9-5-7-12-6-3-4-8-13(12)14/h3-10H,1-2H3,(H2,17,18,21). The maximum atomic E-state index is 12.1. The molecule has 0 aliphatic heterocycles. The number of anilines is 2. The van der Waals surface area contributed by atoms with Crippen molar-refractivity contribution in [1.29, 1.82) is 0 Å². The zero-order valence-electron chi connectivity index (χ0n) is 11.9. The van der Waals surface area contributed by atoms with Gasteiger partial charge in [0.05, 0.1) is 17.1 Å². The second kappa shape index (κ2) is 5.28. The van der Waals surface area contributed by atoms with Crippen molar-refractivity contribution in [3.05, 3.63) is 54.4 Å². The number of aromatic nitrogens is 2. The summed E-state index contributed by atoms with van der Waals surface area (Å²) in [7, 11) is 1.82. The first-order valence-corrected chi connectivity index (χ1v) is 6.69. The molecule has 0 unspecified atom stereocenters. The number of amides is 2. The molecule has 0 saturated carbocycles. The minimum Gasteiger partial charge on any atom is -0.307 e. The van der Waals surface area contributed by atoms with Gasteiger partial charge in [-0.15, -0.1) is 0 Å². The highest BCUT2D eigenvalue weighted by Gasteiger charge is 2.09. The third kappa shape index (κ3) is 2.72. The van der Waals surface area contributed by atoms with Crippen molar-refractivity contribution in [3.8, 4) is 0 Å². The van der Waals surface area contributed by atoms with Crippen LogP contribution in [0.3, 0.4) is 0 Å². The van der Waals surface area contributed by atoms with Gasteiger partial charge in [-0.25, -0.2) is 4.79 Å². The van der Waals surface area contributed by atoms with E-state index in [1.807, 2.05) is 56.4 Å². The number of urea groups is 1. The number of hydrogen-bond acceptors (Lipinski definition) is 2. The van der Waals surface area contributed by atoms with Crippen molar-refractivity contribution in [3.63, 3.8) is 0 Å². The number of nitrogens with zero attached hydrogens (tertiary/aromatic N) is 2. The van der Waals surface area contributed by atoms with E-state index in [1.54, 1.807) is 10.9 Å². The number of hydrogen-bond donors (Lipinski definition) is 2. The number of aryl methyl sites for hydroxylation is 2. The highest BCUT2D eigenvalue weighted by Crippen LogP contribution is 2.23. The van der Waals surface area contributed by atoms with E-state index in [0.29, 0.717) is 5.69 Å². The minimum atomic E-state index is -0.276. The van der Waals surface area contributed by atoms with Crippen LogP contribution in [0.1, 0.15) is 5.69 Å². The van der Waals surface area contributed by atoms with Gasteiger partial charge in [0.15, 0.2) is 0 Å². The summed E-state index contributed by atoms with van der Waals surface area (Å²) >= 11 is 0. The summed E-state index contributed by atoms with van der Waals surface area (Å²) in [5, 5.41) is 12.0. The zero-order chi connectivity index (χ0) is 14.8. The molecule has 3 aromatic rings. The molecule has 2 N–H and O–H groups in total. The Balaban J connectivity index is 1.82. The van der Waals surface area contributed by atoms with Gasteiger partial charge in [-0.2, -0.15) is 5.10 Å². The molecule has 0 fully saturated rings. The van der Waals surface area contributed by atoms with Crippen LogP contribution in [0.4, 0.5) is 16.2 Å². The second-order valence-electron chi connectivity index (χ2n) is 4.91. The van der Waals surface area contributed by atoms with Gasteiger partial charge in [-0.1, -0.05) is 36.4 Å². The summed E-state index contributed by atoms with van der Waals surface area (Å²) in [5.74, 6) is 0. The lowest BCUT2D eigenvalue weighted by Gasteiger charge is -2.09. The summed E-state index contributed by atoms with van der Waals surface area (Å²) in [5.41, 5.74) is 2.27. The molecule has 3 rings (SSSR count). The summed E-state index contributed by atoms with van der Waals surface area (Å²) in [6.45, 7) is 1.85. The van der Waals surface area contributed by atoms with Crippen LogP contribution in [-0.2, 0) is 7.05 Å². The maximum absolute atomic E-state index is 12.1. The Kier molecular flexibility index (Phi) is 3.31. The van der Waals surface area contributed by atoms with Gasteiger partial charge in [0.2, 0.25) is 0 Å². The third-order valence-electron chi connectivity index (χ3n) is 3.30. The van der Waals surface area contributed by atoms with Crippen LogP contribution >= 0.6 is 0 Å². The molecule has 2 amide bonds. The molecule has 2 aromatic carbocycles. The van der Waals surface area contributed by atoms with Crippen molar-refractivity contribution >= 4 is 28.2 Å². The van der Waals surface area contributed by atoms with Gasteiger partial charge in [-0.05, 0) is 18.4 Å². The third-order valence-corrected chi connectivity index (χ3v) is 3.30. The predicted molar refractivity (Wildman–Crippen MR) is 84.5 cm³/mol.